The lowest BCUT2D eigenvalue weighted by atomic mass is 9.96. The maximum Gasteiger partial charge on any atom is 0.212 e. The van der Waals surface area contributed by atoms with Gasteiger partial charge in [-0.1, -0.05) is 43.9 Å². The topological polar surface area (TPSA) is 8.24 Å². The number of nitrogens with zero attached hydrogens (tertiary/aromatic N) is 2. The highest BCUT2D eigenvalue weighted by Gasteiger charge is 2.25. The molecule has 0 saturated carbocycles. The molecule has 1 heterocycles. The summed E-state index contributed by atoms with van der Waals surface area (Å²) >= 11 is 0. The van der Waals surface area contributed by atoms with Gasteiger partial charge in [-0.3, -0.25) is 0 Å². The zero-order chi connectivity index (χ0) is 23.1. The van der Waals surface area contributed by atoms with Crippen LogP contribution in [0.15, 0.2) is 48.7 Å². The van der Waals surface area contributed by atoms with Gasteiger partial charge in [0.15, 0.2) is 11.9 Å². The molecule has 0 spiro atoms. The first-order chi connectivity index (χ1) is 14.3. The summed E-state index contributed by atoms with van der Waals surface area (Å²) in [5.41, 5.74) is 4.50. The molecular weight excluding hydrogens is 363 g/mol. The molecular formula is C24H26FN2Si+. The fourth-order valence-electron chi connectivity index (χ4n) is 3.42. The number of benzene rings is 2. The van der Waals surface area contributed by atoms with E-state index in [0.717, 1.165) is 22.0 Å². The van der Waals surface area contributed by atoms with Crippen molar-refractivity contribution in [2.24, 2.45) is 7.05 Å². The van der Waals surface area contributed by atoms with Crippen LogP contribution in [-0.2, 0) is 7.05 Å². The number of hydrogen-bond acceptors (Lipinski definition) is 0. The van der Waals surface area contributed by atoms with Crippen molar-refractivity contribution in [2.45, 2.75) is 33.4 Å². The molecule has 2 nitrogen and oxygen atoms in total. The molecule has 0 aliphatic heterocycles. The molecule has 0 atom stereocenters. The first-order valence-electron chi connectivity index (χ1n) is 10.7. The zero-order valence-electron chi connectivity index (χ0n) is 19.9. The molecule has 28 heavy (non-hydrogen) atoms. The van der Waals surface area contributed by atoms with E-state index in [1.165, 1.54) is 6.07 Å². The van der Waals surface area contributed by atoms with Gasteiger partial charge < -0.3 is 0 Å². The number of rotatable bonds is 3. The molecule has 3 aromatic rings. The van der Waals surface area contributed by atoms with E-state index in [1.807, 2.05) is 30.7 Å². The Hall–Kier alpha value is -2.77. The number of aromatic nitrogens is 1. The van der Waals surface area contributed by atoms with E-state index in [1.54, 1.807) is 30.5 Å². The Morgan fingerprint density at radius 3 is 2.29 bits per heavy atom. The van der Waals surface area contributed by atoms with Crippen LogP contribution in [0.5, 0.6) is 0 Å². The second-order valence-corrected chi connectivity index (χ2v) is 13.2. The van der Waals surface area contributed by atoms with Crippen LogP contribution < -0.4 is 9.75 Å². The number of hydrogen-bond donors (Lipinski definition) is 0. The highest BCUT2D eigenvalue weighted by atomic mass is 28.3. The van der Waals surface area contributed by atoms with Gasteiger partial charge in [0.25, 0.3) is 0 Å². The van der Waals surface area contributed by atoms with Gasteiger partial charge in [-0.05, 0) is 42.2 Å². The minimum atomic E-state index is -2.19. The average Bonchev–Trinajstić information content (AvgIpc) is 2.67. The van der Waals surface area contributed by atoms with Gasteiger partial charge in [-0.15, -0.1) is 0 Å². The molecule has 4 heteroatoms. The quantitative estimate of drug-likeness (QED) is 0.307. The predicted molar refractivity (Wildman–Crippen MR) is 117 cm³/mol. The van der Waals surface area contributed by atoms with Gasteiger partial charge in [-0.2, -0.15) is 0 Å². The standard InChI is InChI=1S/C24H26FN2Si/c1-16-12-22(25)21(18-8-10-19(26-3)11-9-18)13-20(16)23-14-24(28(5,6)7)17(2)15-27(23)4/h8-15H,1-2,4-7H3/q+1/i2D3. The number of halogens is 1. The third kappa shape index (κ3) is 3.76. The first kappa shape index (κ1) is 16.2. The Morgan fingerprint density at radius 1 is 1.04 bits per heavy atom. The predicted octanol–water partition coefficient (Wildman–Crippen LogP) is 5.70. The van der Waals surface area contributed by atoms with Crippen LogP contribution >= 0.6 is 0 Å². The van der Waals surface area contributed by atoms with Crippen LogP contribution in [-0.4, -0.2) is 8.07 Å². The highest BCUT2D eigenvalue weighted by Crippen LogP contribution is 2.31. The fraction of sp³-hybridized carbons (Fsp3) is 0.250. The lowest BCUT2D eigenvalue weighted by Gasteiger charge is -2.20. The van der Waals surface area contributed by atoms with Crippen LogP contribution in [0.1, 0.15) is 15.2 Å². The fourth-order valence-corrected chi connectivity index (χ4v) is 4.86. The maximum absolute atomic E-state index is 14.9. The van der Waals surface area contributed by atoms with E-state index in [-0.39, 0.29) is 5.82 Å². The van der Waals surface area contributed by atoms with Crippen LogP contribution in [0, 0.1) is 26.2 Å². The van der Waals surface area contributed by atoms with Gasteiger partial charge in [-0.25, -0.2) is 13.8 Å². The van der Waals surface area contributed by atoms with Crippen LogP contribution in [0.2, 0.25) is 19.6 Å². The van der Waals surface area contributed by atoms with Crippen molar-refractivity contribution >= 4 is 18.9 Å². The first-order valence-corrected chi connectivity index (χ1v) is 12.7. The Balaban J connectivity index is 2.26. The summed E-state index contributed by atoms with van der Waals surface area (Å²) in [6.45, 7) is 13.1. The highest BCUT2D eigenvalue weighted by molar-refractivity contribution is 6.89. The largest absolute Gasteiger partial charge is 0.238 e. The molecule has 0 bridgehead atoms. The van der Waals surface area contributed by atoms with Crippen LogP contribution in [0.25, 0.3) is 27.2 Å². The molecule has 0 aliphatic rings. The molecule has 3 rings (SSSR count). The maximum atomic E-state index is 14.9. The van der Waals surface area contributed by atoms with Crippen molar-refractivity contribution in [3.05, 3.63) is 77.0 Å². The van der Waals surface area contributed by atoms with E-state index < -0.39 is 14.9 Å². The minimum Gasteiger partial charge on any atom is -0.238 e. The molecule has 0 aliphatic carbocycles. The molecule has 0 saturated heterocycles. The second-order valence-electron chi connectivity index (χ2n) is 8.15. The van der Waals surface area contributed by atoms with Gasteiger partial charge in [0, 0.05) is 26.9 Å². The summed E-state index contributed by atoms with van der Waals surface area (Å²) in [6.07, 6.45) is 1.70. The van der Waals surface area contributed by atoms with E-state index >= 15 is 0 Å². The van der Waals surface area contributed by atoms with Crippen molar-refractivity contribution in [3.8, 4) is 22.4 Å². The summed E-state index contributed by atoms with van der Waals surface area (Å²) in [4.78, 5) is 3.39. The number of pyridine rings is 1. The van der Waals surface area contributed by atoms with Gasteiger partial charge in [0.1, 0.15) is 12.9 Å². The van der Waals surface area contributed by atoms with E-state index in [2.05, 4.69) is 24.5 Å². The molecule has 1 aromatic heterocycles. The van der Waals surface area contributed by atoms with Crippen molar-refractivity contribution in [1.82, 2.24) is 0 Å². The lowest BCUT2D eigenvalue weighted by Crippen LogP contribution is -2.44. The third-order valence-corrected chi connectivity index (χ3v) is 7.01. The molecule has 0 fully saturated rings. The minimum absolute atomic E-state index is 0.330. The van der Waals surface area contributed by atoms with Crippen molar-refractivity contribution in [2.75, 3.05) is 0 Å². The number of aryl methyl sites for hydroxylation is 3. The van der Waals surface area contributed by atoms with E-state index in [0.29, 0.717) is 22.4 Å². The monoisotopic (exact) mass is 392 g/mol. The smallest absolute Gasteiger partial charge is 0.212 e. The molecule has 0 radical (unpaired) electrons. The van der Waals surface area contributed by atoms with Crippen LogP contribution in [0.4, 0.5) is 10.1 Å². The third-order valence-electron chi connectivity index (χ3n) is 4.98. The van der Waals surface area contributed by atoms with Gasteiger partial charge in [0.05, 0.1) is 14.6 Å². The molecule has 0 unspecified atom stereocenters. The van der Waals surface area contributed by atoms with E-state index in [4.69, 9.17) is 10.7 Å². The summed E-state index contributed by atoms with van der Waals surface area (Å²) in [7, 11) is -0.142. The van der Waals surface area contributed by atoms with E-state index in [9.17, 15) is 4.39 Å². The average molecular weight is 393 g/mol. The normalized spacial score (nSPS) is 13.4. The molecule has 0 N–H and O–H groups in total. The van der Waals surface area contributed by atoms with Crippen molar-refractivity contribution in [3.63, 3.8) is 0 Å². The molecule has 142 valence electrons. The second kappa shape index (κ2) is 7.33. The summed E-state index contributed by atoms with van der Waals surface area (Å²) in [5, 5.41) is 0.882. The molecule has 0 amide bonds. The Bertz CT molecular complexity index is 1190. The van der Waals surface area contributed by atoms with Crippen molar-refractivity contribution < 1.29 is 13.1 Å². The van der Waals surface area contributed by atoms with Gasteiger partial charge >= 0.3 is 0 Å². The summed E-state index contributed by atoms with van der Waals surface area (Å²) in [5.74, 6) is -0.330. The Morgan fingerprint density at radius 2 is 1.71 bits per heavy atom. The lowest BCUT2D eigenvalue weighted by molar-refractivity contribution is -0.660. The summed E-state index contributed by atoms with van der Waals surface area (Å²) in [6, 6.07) is 12.1. The van der Waals surface area contributed by atoms with Crippen LogP contribution in [0.3, 0.4) is 0 Å². The Kier molecular flexibility index (Phi) is 4.24. The zero-order valence-corrected chi connectivity index (χ0v) is 17.9. The van der Waals surface area contributed by atoms with Gasteiger partial charge in [0.2, 0.25) is 5.69 Å². The van der Waals surface area contributed by atoms with Crippen molar-refractivity contribution in [1.29, 1.82) is 0 Å². The summed E-state index contributed by atoms with van der Waals surface area (Å²) < 4.78 is 40.6. The SMILES string of the molecule is [2H]C([2H])([2H])c1c[n+](C)c(-c2cc(-c3ccc([N+]#[C-])cc3)c(F)cc2C)cc1[Si](C)(C)C. The Labute approximate surface area is 172 Å². The molecule has 2 aromatic carbocycles.